The first-order valence-corrected chi connectivity index (χ1v) is 4.85. The van der Waals surface area contributed by atoms with Crippen LogP contribution in [0.25, 0.3) is 0 Å². The Morgan fingerprint density at radius 2 is 2.13 bits per heavy atom. The van der Waals surface area contributed by atoms with Crippen LogP contribution < -0.4 is 5.32 Å². The molecule has 1 rings (SSSR count). The maximum Gasteiger partial charge on any atom is 0.146 e. The fourth-order valence-electron chi connectivity index (χ4n) is 1.10. The molecule has 1 aromatic rings. The molecule has 3 N–H and O–H groups in total. The average Bonchev–Trinajstić information content (AvgIpc) is 2.49. The molecular formula is C9H18N4O2. The smallest absolute Gasteiger partial charge is 0.146 e. The number of rotatable bonds is 5. The molecule has 1 unspecified atom stereocenters. The minimum Gasteiger partial charge on any atom is -0.393 e. The normalized spacial score (nSPS) is 15.3. The Bertz CT molecular complexity index is 322. The second kappa shape index (κ2) is 4.69. The highest BCUT2D eigenvalue weighted by Crippen LogP contribution is 2.00. The summed E-state index contributed by atoms with van der Waals surface area (Å²) in [7, 11) is 1.89. The predicted molar refractivity (Wildman–Crippen MR) is 55.2 cm³/mol. The second-order valence-electron chi connectivity index (χ2n) is 3.98. The zero-order valence-corrected chi connectivity index (χ0v) is 9.36. The molecular weight excluding hydrogens is 196 g/mol. The van der Waals surface area contributed by atoms with E-state index in [0.29, 0.717) is 13.1 Å². The molecule has 1 heterocycles. The Balaban J connectivity index is 2.42. The first-order valence-electron chi connectivity index (χ1n) is 4.85. The number of nitrogens with one attached hydrogen (secondary N) is 1. The number of hydrogen-bond donors (Lipinski definition) is 3. The fourth-order valence-corrected chi connectivity index (χ4v) is 1.10. The highest BCUT2D eigenvalue weighted by atomic mass is 16.3. The molecule has 0 aliphatic rings. The molecule has 0 aliphatic heterocycles. The van der Waals surface area contributed by atoms with Crippen LogP contribution in [0.1, 0.15) is 18.6 Å². The Morgan fingerprint density at radius 1 is 1.47 bits per heavy atom. The van der Waals surface area contributed by atoms with Crippen LogP contribution in [0.3, 0.4) is 0 Å². The minimum atomic E-state index is -1.09. The Kier molecular flexibility index (Phi) is 3.78. The van der Waals surface area contributed by atoms with Crippen molar-refractivity contribution in [3.05, 3.63) is 11.6 Å². The molecule has 15 heavy (non-hydrogen) atoms. The fraction of sp³-hybridized carbons (Fsp3) is 0.778. The molecule has 6 nitrogen and oxygen atoms in total. The van der Waals surface area contributed by atoms with Crippen LogP contribution in [0.2, 0.25) is 0 Å². The summed E-state index contributed by atoms with van der Waals surface area (Å²) < 4.78 is 1.88. The predicted octanol–water partition coefficient (Wildman–Crippen LogP) is -1.04. The molecule has 0 fully saturated rings. The Labute approximate surface area is 89.0 Å². The van der Waals surface area contributed by atoms with Crippen LogP contribution in [0.4, 0.5) is 0 Å². The average molecular weight is 214 g/mol. The summed E-state index contributed by atoms with van der Waals surface area (Å²) in [6.07, 6.45) is 0. The first-order chi connectivity index (χ1) is 6.96. The van der Waals surface area contributed by atoms with E-state index in [2.05, 4.69) is 15.5 Å². The van der Waals surface area contributed by atoms with Crippen molar-refractivity contribution in [1.82, 2.24) is 20.1 Å². The van der Waals surface area contributed by atoms with Gasteiger partial charge in [0.1, 0.15) is 11.6 Å². The molecule has 0 aliphatic carbocycles. The van der Waals surface area contributed by atoms with Crippen LogP contribution in [0, 0.1) is 6.92 Å². The van der Waals surface area contributed by atoms with Gasteiger partial charge in [0, 0.05) is 13.6 Å². The maximum atomic E-state index is 9.52. The van der Waals surface area contributed by atoms with Crippen LogP contribution in [0.5, 0.6) is 0 Å². The molecule has 1 aromatic heterocycles. The van der Waals surface area contributed by atoms with Gasteiger partial charge < -0.3 is 20.1 Å². The standard InChI is InChI=1S/C9H18N4O2/c1-7-11-12-8(13(7)3)4-10-5-9(2,15)6-14/h10,14-15H,4-6H2,1-3H3. The van der Waals surface area contributed by atoms with Crippen molar-refractivity contribution in [3.63, 3.8) is 0 Å². The van der Waals surface area contributed by atoms with Gasteiger partial charge in [-0.15, -0.1) is 10.2 Å². The van der Waals surface area contributed by atoms with Crippen molar-refractivity contribution >= 4 is 0 Å². The van der Waals surface area contributed by atoms with Gasteiger partial charge in [-0.3, -0.25) is 0 Å². The summed E-state index contributed by atoms with van der Waals surface area (Å²) in [5.74, 6) is 1.65. The van der Waals surface area contributed by atoms with Gasteiger partial charge in [0.25, 0.3) is 0 Å². The summed E-state index contributed by atoms with van der Waals surface area (Å²) in [6.45, 7) is 4.02. The van der Waals surface area contributed by atoms with E-state index in [0.717, 1.165) is 11.6 Å². The van der Waals surface area contributed by atoms with E-state index in [9.17, 15) is 5.11 Å². The number of aliphatic hydroxyl groups excluding tert-OH is 1. The van der Waals surface area contributed by atoms with E-state index in [1.807, 2.05) is 18.5 Å². The maximum absolute atomic E-state index is 9.52. The zero-order chi connectivity index (χ0) is 11.5. The monoisotopic (exact) mass is 214 g/mol. The summed E-state index contributed by atoms with van der Waals surface area (Å²) in [6, 6.07) is 0. The molecule has 0 radical (unpaired) electrons. The summed E-state index contributed by atoms with van der Waals surface area (Å²) in [5, 5.41) is 29.2. The summed E-state index contributed by atoms with van der Waals surface area (Å²) in [4.78, 5) is 0. The lowest BCUT2D eigenvalue weighted by molar-refractivity contribution is 0.00239. The summed E-state index contributed by atoms with van der Waals surface area (Å²) in [5.41, 5.74) is -1.09. The van der Waals surface area contributed by atoms with Gasteiger partial charge in [0.15, 0.2) is 0 Å². The quantitative estimate of drug-likeness (QED) is 0.583. The van der Waals surface area contributed by atoms with E-state index >= 15 is 0 Å². The lowest BCUT2D eigenvalue weighted by Gasteiger charge is -2.20. The van der Waals surface area contributed by atoms with E-state index in [4.69, 9.17) is 5.11 Å². The third-order valence-corrected chi connectivity index (χ3v) is 2.31. The van der Waals surface area contributed by atoms with E-state index in [1.165, 1.54) is 0 Å². The van der Waals surface area contributed by atoms with E-state index in [1.54, 1.807) is 6.92 Å². The van der Waals surface area contributed by atoms with Gasteiger partial charge in [-0.2, -0.15) is 0 Å². The molecule has 1 atom stereocenters. The number of hydrogen-bond acceptors (Lipinski definition) is 5. The van der Waals surface area contributed by atoms with Crippen LogP contribution >= 0.6 is 0 Å². The third-order valence-electron chi connectivity index (χ3n) is 2.31. The molecule has 0 bridgehead atoms. The van der Waals surface area contributed by atoms with Crippen molar-refractivity contribution in [2.75, 3.05) is 13.2 Å². The van der Waals surface area contributed by atoms with Crippen LogP contribution in [0.15, 0.2) is 0 Å². The topological polar surface area (TPSA) is 83.2 Å². The highest BCUT2D eigenvalue weighted by Gasteiger charge is 2.18. The van der Waals surface area contributed by atoms with Gasteiger partial charge in [0.05, 0.1) is 18.8 Å². The molecule has 0 spiro atoms. The van der Waals surface area contributed by atoms with Gasteiger partial charge in [-0.25, -0.2) is 0 Å². The number of nitrogens with zero attached hydrogens (tertiary/aromatic N) is 3. The molecule has 0 amide bonds. The Hall–Kier alpha value is -0.980. The number of aromatic nitrogens is 3. The minimum absolute atomic E-state index is 0.266. The van der Waals surface area contributed by atoms with Gasteiger partial charge in [0.2, 0.25) is 0 Å². The van der Waals surface area contributed by atoms with Gasteiger partial charge >= 0.3 is 0 Å². The third kappa shape index (κ3) is 3.26. The van der Waals surface area contributed by atoms with Gasteiger partial charge in [-0.05, 0) is 13.8 Å². The molecule has 86 valence electrons. The SMILES string of the molecule is Cc1nnc(CNCC(C)(O)CO)n1C. The first kappa shape index (κ1) is 12.1. The highest BCUT2D eigenvalue weighted by molar-refractivity contribution is 4.92. The van der Waals surface area contributed by atoms with Crippen molar-refractivity contribution in [2.45, 2.75) is 26.0 Å². The van der Waals surface area contributed by atoms with Gasteiger partial charge in [-0.1, -0.05) is 0 Å². The Morgan fingerprint density at radius 3 is 2.60 bits per heavy atom. The largest absolute Gasteiger partial charge is 0.393 e. The summed E-state index contributed by atoms with van der Waals surface area (Å²) >= 11 is 0. The molecule has 0 aromatic carbocycles. The van der Waals surface area contributed by atoms with Crippen molar-refractivity contribution in [2.24, 2.45) is 7.05 Å². The van der Waals surface area contributed by atoms with E-state index in [-0.39, 0.29) is 6.61 Å². The van der Waals surface area contributed by atoms with Crippen LogP contribution in [-0.2, 0) is 13.6 Å². The lowest BCUT2D eigenvalue weighted by atomic mass is 10.1. The number of aliphatic hydroxyl groups is 2. The second-order valence-corrected chi connectivity index (χ2v) is 3.98. The number of aryl methyl sites for hydroxylation is 1. The molecule has 0 saturated heterocycles. The molecule has 6 heteroatoms. The van der Waals surface area contributed by atoms with Crippen LogP contribution in [-0.4, -0.2) is 43.7 Å². The van der Waals surface area contributed by atoms with Crippen molar-refractivity contribution in [1.29, 1.82) is 0 Å². The lowest BCUT2D eigenvalue weighted by Crippen LogP contribution is -2.40. The van der Waals surface area contributed by atoms with Crippen molar-refractivity contribution < 1.29 is 10.2 Å². The van der Waals surface area contributed by atoms with Crippen molar-refractivity contribution in [3.8, 4) is 0 Å². The van der Waals surface area contributed by atoms with E-state index < -0.39 is 5.60 Å². The zero-order valence-electron chi connectivity index (χ0n) is 9.36. The molecule has 0 saturated carbocycles.